The van der Waals surface area contributed by atoms with Crippen LogP contribution in [0.15, 0.2) is 0 Å². The number of rotatable bonds is 3. The molecule has 0 fully saturated rings. The van der Waals surface area contributed by atoms with Crippen LogP contribution in [-0.2, 0) is 0 Å². The van der Waals surface area contributed by atoms with Crippen LogP contribution in [0, 0.1) is 12.3 Å². The van der Waals surface area contributed by atoms with Crippen molar-refractivity contribution in [3.05, 3.63) is 0 Å². The number of nitrogens with two attached hydrogens (primary N) is 1. The maximum Gasteiger partial charge on any atom is 0.453 e. The van der Waals surface area contributed by atoms with Crippen LogP contribution in [0.2, 0.25) is 6.32 Å². The SMILES string of the molecule is C#CC[C@@H](N)CB(O)O. The third-order valence-electron chi connectivity index (χ3n) is 0.894. The molecule has 0 aliphatic heterocycles. The average Bonchev–Trinajstić information content (AvgIpc) is 1.63. The molecule has 0 bridgehead atoms. The molecule has 0 aromatic heterocycles. The highest BCUT2D eigenvalue weighted by Gasteiger charge is 2.11. The molecule has 9 heavy (non-hydrogen) atoms. The van der Waals surface area contributed by atoms with E-state index >= 15 is 0 Å². The predicted octanol–water partition coefficient (Wildman–Crippen LogP) is -1.19. The molecule has 0 aromatic rings. The van der Waals surface area contributed by atoms with Gasteiger partial charge in [-0.25, -0.2) is 0 Å². The molecule has 1 atom stereocenters. The minimum Gasteiger partial charge on any atom is -0.427 e. The summed E-state index contributed by atoms with van der Waals surface area (Å²) in [7, 11) is -1.34. The van der Waals surface area contributed by atoms with Gasteiger partial charge in [-0.15, -0.1) is 12.3 Å². The van der Waals surface area contributed by atoms with Crippen LogP contribution < -0.4 is 5.73 Å². The van der Waals surface area contributed by atoms with Gasteiger partial charge in [0.05, 0.1) is 0 Å². The molecular weight excluding hydrogens is 117 g/mol. The molecule has 0 saturated carbocycles. The second kappa shape index (κ2) is 4.39. The van der Waals surface area contributed by atoms with Gasteiger partial charge in [-0.05, 0) is 6.32 Å². The van der Waals surface area contributed by atoms with Crippen LogP contribution in [0.1, 0.15) is 6.42 Å². The highest BCUT2D eigenvalue weighted by molar-refractivity contribution is 6.41. The summed E-state index contributed by atoms with van der Waals surface area (Å²) in [5, 5.41) is 16.7. The van der Waals surface area contributed by atoms with Gasteiger partial charge < -0.3 is 15.8 Å². The highest BCUT2D eigenvalue weighted by atomic mass is 16.4. The topological polar surface area (TPSA) is 66.5 Å². The Bertz CT molecular complexity index is 110. The maximum atomic E-state index is 8.36. The molecule has 0 rings (SSSR count). The summed E-state index contributed by atoms with van der Waals surface area (Å²) in [6.45, 7) is 0. The summed E-state index contributed by atoms with van der Waals surface area (Å²) in [5.74, 6) is 2.33. The lowest BCUT2D eigenvalue weighted by molar-refractivity contribution is 0.398. The summed E-state index contributed by atoms with van der Waals surface area (Å²) >= 11 is 0. The van der Waals surface area contributed by atoms with E-state index in [4.69, 9.17) is 22.2 Å². The van der Waals surface area contributed by atoms with E-state index in [0.717, 1.165) is 0 Å². The Balaban J connectivity index is 3.29. The second-order valence-electron chi connectivity index (χ2n) is 1.88. The van der Waals surface area contributed by atoms with E-state index in [1.165, 1.54) is 0 Å². The van der Waals surface area contributed by atoms with Gasteiger partial charge >= 0.3 is 7.12 Å². The van der Waals surface area contributed by atoms with Gasteiger partial charge in [-0.3, -0.25) is 0 Å². The first kappa shape index (κ1) is 8.50. The lowest BCUT2D eigenvalue weighted by atomic mass is 9.81. The summed E-state index contributed by atoms with van der Waals surface area (Å²) in [5.41, 5.74) is 5.32. The standard InChI is InChI=1S/C5H10BNO2/c1-2-3-5(7)4-6(8)9/h1,5,8-9H,3-4,7H2/t5-/m1/s1. The van der Waals surface area contributed by atoms with Crippen LogP contribution in [0.5, 0.6) is 0 Å². The molecule has 0 amide bonds. The van der Waals surface area contributed by atoms with Gasteiger partial charge in [0.15, 0.2) is 0 Å². The quantitative estimate of drug-likeness (QED) is 0.330. The van der Waals surface area contributed by atoms with E-state index in [-0.39, 0.29) is 12.4 Å². The van der Waals surface area contributed by atoms with Crippen molar-refractivity contribution in [2.45, 2.75) is 18.8 Å². The Labute approximate surface area is 55.0 Å². The van der Waals surface area contributed by atoms with Gasteiger partial charge in [-0.1, -0.05) is 0 Å². The Kier molecular flexibility index (Phi) is 4.15. The fourth-order valence-corrected chi connectivity index (χ4v) is 0.505. The normalized spacial score (nSPS) is 12.2. The summed E-state index contributed by atoms with van der Waals surface area (Å²) in [6.07, 6.45) is 5.44. The number of hydrogen-bond acceptors (Lipinski definition) is 3. The predicted molar refractivity (Wildman–Crippen MR) is 36.4 cm³/mol. The average molecular weight is 127 g/mol. The molecule has 4 N–H and O–H groups in total. The van der Waals surface area contributed by atoms with E-state index in [9.17, 15) is 0 Å². The van der Waals surface area contributed by atoms with Crippen LogP contribution in [-0.4, -0.2) is 23.2 Å². The molecule has 3 nitrogen and oxygen atoms in total. The van der Waals surface area contributed by atoms with Crippen molar-refractivity contribution in [2.24, 2.45) is 5.73 Å². The lowest BCUT2D eigenvalue weighted by Crippen LogP contribution is -2.27. The molecule has 0 aliphatic rings. The zero-order valence-electron chi connectivity index (χ0n) is 5.12. The fourth-order valence-electron chi connectivity index (χ4n) is 0.505. The van der Waals surface area contributed by atoms with Crippen molar-refractivity contribution in [2.75, 3.05) is 0 Å². The lowest BCUT2D eigenvalue weighted by Gasteiger charge is -2.04. The molecule has 0 unspecified atom stereocenters. The molecule has 0 aliphatic carbocycles. The molecule has 0 aromatic carbocycles. The Hall–Kier alpha value is -0.495. The van der Waals surface area contributed by atoms with E-state index in [1.807, 2.05) is 0 Å². The van der Waals surface area contributed by atoms with Crippen molar-refractivity contribution < 1.29 is 10.0 Å². The zero-order chi connectivity index (χ0) is 7.28. The number of hydrogen-bond donors (Lipinski definition) is 3. The third-order valence-corrected chi connectivity index (χ3v) is 0.894. The van der Waals surface area contributed by atoms with Crippen molar-refractivity contribution in [1.82, 2.24) is 0 Å². The minimum atomic E-state index is -1.34. The first-order chi connectivity index (χ1) is 4.16. The van der Waals surface area contributed by atoms with Crippen molar-refractivity contribution in [1.29, 1.82) is 0 Å². The van der Waals surface area contributed by atoms with E-state index in [1.54, 1.807) is 0 Å². The van der Waals surface area contributed by atoms with Gasteiger partial charge in [0, 0.05) is 12.5 Å². The molecular formula is C5H10BNO2. The maximum absolute atomic E-state index is 8.36. The Morgan fingerprint density at radius 3 is 2.56 bits per heavy atom. The highest BCUT2D eigenvalue weighted by Crippen LogP contribution is 1.94. The molecule has 4 heteroatoms. The van der Waals surface area contributed by atoms with Gasteiger partial charge in [0.2, 0.25) is 0 Å². The Morgan fingerprint density at radius 1 is 1.67 bits per heavy atom. The first-order valence-electron chi connectivity index (χ1n) is 2.72. The van der Waals surface area contributed by atoms with E-state index in [2.05, 4.69) is 5.92 Å². The second-order valence-corrected chi connectivity index (χ2v) is 1.88. The summed E-state index contributed by atoms with van der Waals surface area (Å²) in [6, 6.07) is -0.296. The third kappa shape index (κ3) is 5.37. The van der Waals surface area contributed by atoms with Crippen LogP contribution in [0.25, 0.3) is 0 Å². The number of terminal acetylenes is 1. The fraction of sp³-hybridized carbons (Fsp3) is 0.600. The molecule has 0 radical (unpaired) electrons. The van der Waals surface area contributed by atoms with Crippen LogP contribution >= 0.6 is 0 Å². The molecule has 50 valence electrons. The summed E-state index contributed by atoms with van der Waals surface area (Å²) < 4.78 is 0. The smallest absolute Gasteiger partial charge is 0.427 e. The van der Waals surface area contributed by atoms with Gasteiger partial charge in [0.25, 0.3) is 0 Å². The largest absolute Gasteiger partial charge is 0.453 e. The van der Waals surface area contributed by atoms with Crippen molar-refractivity contribution in [3.8, 4) is 12.3 Å². The molecule has 0 spiro atoms. The van der Waals surface area contributed by atoms with Crippen LogP contribution in [0.3, 0.4) is 0 Å². The molecule has 0 heterocycles. The molecule has 0 saturated heterocycles. The van der Waals surface area contributed by atoms with Crippen molar-refractivity contribution >= 4 is 7.12 Å². The van der Waals surface area contributed by atoms with E-state index in [0.29, 0.717) is 6.42 Å². The first-order valence-corrected chi connectivity index (χ1v) is 2.72. The van der Waals surface area contributed by atoms with E-state index < -0.39 is 7.12 Å². The monoisotopic (exact) mass is 127 g/mol. The van der Waals surface area contributed by atoms with Crippen LogP contribution in [0.4, 0.5) is 0 Å². The summed E-state index contributed by atoms with van der Waals surface area (Å²) in [4.78, 5) is 0. The van der Waals surface area contributed by atoms with Gasteiger partial charge in [0.1, 0.15) is 0 Å². The Morgan fingerprint density at radius 2 is 2.22 bits per heavy atom. The van der Waals surface area contributed by atoms with Crippen molar-refractivity contribution in [3.63, 3.8) is 0 Å². The minimum absolute atomic E-state index is 0.143. The zero-order valence-corrected chi connectivity index (χ0v) is 5.12. The van der Waals surface area contributed by atoms with Gasteiger partial charge in [-0.2, -0.15) is 0 Å².